The number of halogens is 1. The summed E-state index contributed by atoms with van der Waals surface area (Å²) in [7, 11) is 0. The van der Waals surface area contributed by atoms with Crippen molar-refractivity contribution in [2.75, 3.05) is 17.2 Å². The van der Waals surface area contributed by atoms with E-state index in [1.165, 1.54) is 0 Å². The third-order valence-corrected chi connectivity index (χ3v) is 1.53. The van der Waals surface area contributed by atoms with Crippen LogP contribution in [0.3, 0.4) is 0 Å². The second-order valence-electron chi connectivity index (χ2n) is 3.32. The predicted molar refractivity (Wildman–Crippen MR) is 66.5 cm³/mol. The van der Waals surface area contributed by atoms with E-state index in [0.717, 1.165) is 6.54 Å². The fraction of sp³-hybridized carbons (Fsp3) is 0.625. The topological polar surface area (TPSA) is 126 Å². The Hall–Kier alpha value is -1.90. The highest BCUT2D eigenvalue weighted by molar-refractivity contribution is 6.28. The van der Waals surface area contributed by atoms with Gasteiger partial charge >= 0.3 is 0 Å². The Bertz CT molecular complexity index is 385. The number of aromatic nitrogens is 3. The van der Waals surface area contributed by atoms with E-state index in [0.29, 0.717) is 11.9 Å². The van der Waals surface area contributed by atoms with Gasteiger partial charge in [-0.05, 0) is 32.4 Å². The van der Waals surface area contributed by atoms with Crippen LogP contribution in [0.5, 0.6) is 0 Å². The first-order chi connectivity index (χ1) is 8.35. The molecule has 0 saturated heterocycles. The summed E-state index contributed by atoms with van der Waals surface area (Å²) in [4.78, 5) is 20.4. The van der Waals surface area contributed by atoms with Crippen LogP contribution in [0.25, 0.3) is 0 Å². The molecule has 0 radical (unpaired) electrons. The van der Waals surface area contributed by atoms with Crippen molar-refractivity contribution in [3.63, 3.8) is 0 Å². The SMILES string of the molecule is CCNc1nc(Cl)nc(NC(C)C)n1.O=[N+]([O-])O. The summed E-state index contributed by atoms with van der Waals surface area (Å²) < 4.78 is 0. The highest BCUT2D eigenvalue weighted by Gasteiger charge is 2.04. The van der Waals surface area contributed by atoms with Crippen molar-refractivity contribution in [2.24, 2.45) is 0 Å². The van der Waals surface area contributed by atoms with Gasteiger partial charge in [0.1, 0.15) is 0 Å². The molecule has 9 nitrogen and oxygen atoms in total. The summed E-state index contributed by atoms with van der Waals surface area (Å²) in [6.45, 7) is 6.73. The molecule has 0 aromatic carbocycles. The van der Waals surface area contributed by atoms with Crippen molar-refractivity contribution in [2.45, 2.75) is 26.8 Å². The lowest BCUT2D eigenvalue weighted by molar-refractivity contribution is -0.742. The fourth-order valence-electron chi connectivity index (χ4n) is 0.910. The molecule has 1 aromatic rings. The predicted octanol–water partition coefficient (Wildman–Crippen LogP) is 1.43. The minimum atomic E-state index is -1.50. The van der Waals surface area contributed by atoms with Gasteiger partial charge in [-0.25, -0.2) is 0 Å². The normalized spacial score (nSPS) is 9.39. The summed E-state index contributed by atoms with van der Waals surface area (Å²) >= 11 is 5.73. The summed E-state index contributed by atoms with van der Waals surface area (Å²) in [6, 6.07) is 0.267. The minimum Gasteiger partial charge on any atom is -0.354 e. The molecule has 0 atom stereocenters. The quantitative estimate of drug-likeness (QED) is 0.558. The maximum absolute atomic E-state index is 8.36. The largest absolute Gasteiger partial charge is 0.354 e. The lowest BCUT2D eigenvalue weighted by Crippen LogP contribution is -2.14. The van der Waals surface area contributed by atoms with Gasteiger partial charge in [-0.1, -0.05) is 0 Å². The van der Waals surface area contributed by atoms with E-state index < -0.39 is 5.09 Å². The molecule has 0 spiro atoms. The fourth-order valence-corrected chi connectivity index (χ4v) is 1.07. The molecule has 0 amide bonds. The van der Waals surface area contributed by atoms with Gasteiger partial charge in [0.15, 0.2) is 0 Å². The summed E-state index contributed by atoms with van der Waals surface area (Å²) in [5.41, 5.74) is 0. The van der Waals surface area contributed by atoms with Gasteiger partial charge < -0.3 is 15.8 Å². The molecule has 0 aliphatic heterocycles. The third-order valence-electron chi connectivity index (χ3n) is 1.36. The Morgan fingerprint density at radius 3 is 2.33 bits per heavy atom. The number of rotatable bonds is 4. The first-order valence-electron chi connectivity index (χ1n) is 5.10. The van der Waals surface area contributed by atoms with Gasteiger partial charge in [0.05, 0.1) is 0 Å². The van der Waals surface area contributed by atoms with Crippen LogP contribution < -0.4 is 10.6 Å². The van der Waals surface area contributed by atoms with Crippen LogP contribution in [-0.2, 0) is 0 Å². The molecule has 1 rings (SSSR count). The molecule has 0 unspecified atom stereocenters. The van der Waals surface area contributed by atoms with E-state index in [1.807, 2.05) is 20.8 Å². The monoisotopic (exact) mass is 278 g/mol. The van der Waals surface area contributed by atoms with Crippen LogP contribution in [0.15, 0.2) is 0 Å². The van der Waals surface area contributed by atoms with E-state index in [4.69, 9.17) is 26.9 Å². The summed E-state index contributed by atoms with van der Waals surface area (Å²) in [5, 5.41) is 19.9. The molecule has 1 heterocycles. The van der Waals surface area contributed by atoms with Crippen molar-refractivity contribution < 1.29 is 10.3 Å². The first-order valence-corrected chi connectivity index (χ1v) is 5.48. The number of nitrogens with zero attached hydrogens (tertiary/aromatic N) is 4. The lowest BCUT2D eigenvalue weighted by Gasteiger charge is -2.09. The number of nitrogens with one attached hydrogen (secondary N) is 2. The smallest absolute Gasteiger partial charge is 0.291 e. The highest BCUT2D eigenvalue weighted by Crippen LogP contribution is 2.09. The molecule has 0 aliphatic carbocycles. The van der Waals surface area contributed by atoms with Crippen molar-refractivity contribution in [1.29, 1.82) is 0 Å². The zero-order valence-corrected chi connectivity index (χ0v) is 11.0. The maximum atomic E-state index is 8.36. The van der Waals surface area contributed by atoms with Crippen LogP contribution >= 0.6 is 11.6 Å². The lowest BCUT2D eigenvalue weighted by atomic mass is 10.4. The summed E-state index contributed by atoms with van der Waals surface area (Å²) in [5.74, 6) is 0.992. The molecule has 3 N–H and O–H groups in total. The second-order valence-corrected chi connectivity index (χ2v) is 3.66. The molecule has 0 saturated carbocycles. The van der Waals surface area contributed by atoms with Crippen molar-refractivity contribution >= 4 is 23.5 Å². The Kier molecular flexibility index (Phi) is 7.36. The molecule has 0 fully saturated rings. The molecule has 0 bridgehead atoms. The molecule has 102 valence electrons. The van der Waals surface area contributed by atoms with Crippen LogP contribution in [-0.4, -0.2) is 37.8 Å². The first kappa shape index (κ1) is 16.1. The Morgan fingerprint density at radius 2 is 1.89 bits per heavy atom. The number of hydrogen-bond acceptors (Lipinski definition) is 7. The number of hydrogen-bond donors (Lipinski definition) is 3. The van der Waals surface area contributed by atoms with E-state index in [-0.39, 0.29) is 11.3 Å². The highest BCUT2D eigenvalue weighted by atomic mass is 35.5. The standard InChI is InChI=1S/C8H14ClN5.HNO3/c1-4-10-7-12-6(9)13-8(14-7)11-5(2)3;2-1(3)4/h5H,4H2,1-3H3,(H2,10,11,12,13,14);(H,2,3,4). The van der Waals surface area contributed by atoms with Crippen molar-refractivity contribution in [1.82, 2.24) is 15.0 Å². The Balaban J connectivity index is 0.000000631. The van der Waals surface area contributed by atoms with Gasteiger partial charge in [0, 0.05) is 12.6 Å². The van der Waals surface area contributed by atoms with Gasteiger partial charge in [-0.15, -0.1) is 10.1 Å². The Labute approximate surface area is 109 Å². The summed E-state index contributed by atoms with van der Waals surface area (Å²) in [6.07, 6.45) is 0. The zero-order valence-electron chi connectivity index (χ0n) is 10.2. The van der Waals surface area contributed by atoms with Crippen LogP contribution in [0, 0.1) is 10.1 Å². The van der Waals surface area contributed by atoms with Crippen LogP contribution in [0.2, 0.25) is 5.28 Å². The van der Waals surface area contributed by atoms with Gasteiger partial charge in [0.25, 0.3) is 5.09 Å². The minimum absolute atomic E-state index is 0.194. The second kappa shape index (κ2) is 8.23. The molecule has 1 aromatic heterocycles. The van der Waals surface area contributed by atoms with Crippen molar-refractivity contribution in [3.8, 4) is 0 Å². The van der Waals surface area contributed by atoms with E-state index in [2.05, 4.69) is 25.6 Å². The average molecular weight is 279 g/mol. The van der Waals surface area contributed by atoms with E-state index in [9.17, 15) is 0 Å². The molecular formula is C8H15ClN6O3. The maximum Gasteiger partial charge on any atom is 0.291 e. The van der Waals surface area contributed by atoms with E-state index in [1.54, 1.807) is 0 Å². The molecule has 18 heavy (non-hydrogen) atoms. The molecule has 10 heteroatoms. The molecule has 0 aliphatic rings. The van der Waals surface area contributed by atoms with Gasteiger partial charge in [-0.2, -0.15) is 15.0 Å². The van der Waals surface area contributed by atoms with Gasteiger partial charge in [0.2, 0.25) is 17.2 Å². The zero-order chi connectivity index (χ0) is 14.1. The average Bonchev–Trinajstić information content (AvgIpc) is 2.14. The third kappa shape index (κ3) is 8.28. The van der Waals surface area contributed by atoms with Crippen molar-refractivity contribution in [3.05, 3.63) is 15.4 Å². The van der Waals surface area contributed by atoms with Crippen LogP contribution in [0.1, 0.15) is 20.8 Å². The van der Waals surface area contributed by atoms with Gasteiger partial charge in [-0.3, -0.25) is 0 Å². The number of anilines is 2. The van der Waals surface area contributed by atoms with E-state index >= 15 is 0 Å². The van der Waals surface area contributed by atoms with Crippen LogP contribution in [0.4, 0.5) is 11.9 Å². The Morgan fingerprint density at radius 1 is 1.39 bits per heavy atom. The molecular weight excluding hydrogens is 264 g/mol.